The van der Waals surface area contributed by atoms with Crippen LogP contribution in [-0.4, -0.2) is 11.5 Å². The maximum atomic E-state index is 5.37. The average molecular weight is 244 g/mol. The Labute approximate surface area is 108 Å². The van der Waals surface area contributed by atoms with E-state index in [0.29, 0.717) is 0 Å². The van der Waals surface area contributed by atoms with Crippen LogP contribution >= 0.6 is 0 Å². The van der Waals surface area contributed by atoms with Crippen LogP contribution in [0.5, 0.6) is 0 Å². The van der Waals surface area contributed by atoms with Crippen molar-refractivity contribution in [1.29, 1.82) is 0 Å². The minimum atomic E-state index is 0.908. The zero-order valence-electron chi connectivity index (χ0n) is 10.7. The molecule has 2 aromatic heterocycles. The summed E-state index contributed by atoms with van der Waals surface area (Å²) in [6.07, 6.45) is 11.9. The lowest BCUT2D eigenvalue weighted by molar-refractivity contribution is 0.345. The van der Waals surface area contributed by atoms with Gasteiger partial charge in [0.15, 0.2) is 0 Å². The monoisotopic (exact) mass is 244 g/mol. The summed E-state index contributed by atoms with van der Waals surface area (Å²) in [6, 6.07) is 3.88. The Morgan fingerprint density at radius 2 is 2.11 bits per heavy atom. The number of nitrogens with one attached hydrogen (secondary N) is 1. The van der Waals surface area contributed by atoms with Gasteiger partial charge in [-0.3, -0.25) is 0 Å². The van der Waals surface area contributed by atoms with Gasteiger partial charge in [0.1, 0.15) is 11.4 Å². The highest BCUT2D eigenvalue weighted by molar-refractivity contribution is 5.87. The van der Waals surface area contributed by atoms with Crippen molar-refractivity contribution >= 4 is 16.8 Å². The van der Waals surface area contributed by atoms with Crippen molar-refractivity contribution < 1.29 is 4.42 Å². The van der Waals surface area contributed by atoms with Crippen molar-refractivity contribution in [2.75, 3.05) is 11.9 Å². The zero-order valence-corrected chi connectivity index (χ0v) is 10.7. The number of aromatic nitrogens is 1. The van der Waals surface area contributed by atoms with Crippen LogP contribution in [0.1, 0.15) is 38.5 Å². The van der Waals surface area contributed by atoms with Crippen molar-refractivity contribution in [2.24, 2.45) is 5.92 Å². The molecule has 0 amide bonds. The van der Waals surface area contributed by atoms with Crippen molar-refractivity contribution in [3.8, 4) is 0 Å². The highest BCUT2D eigenvalue weighted by atomic mass is 16.3. The molecule has 3 rings (SSSR count). The fraction of sp³-hybridized carbons (Fsp3) is 0.533. The van der Waals surface area contributed by atoms with Crippen LogP contribution in [0, 0.1) is 5.92 Å². The molecule has 0 atom stereocenters. The van der Waals surface area contributed by atoms with Gasteiger partial charge in [-0.05, 0) is 24.5 Å². The van der Waals surface area contributed by atoms with Crippen LogP contribution in [0.2, 0.25) is 0 Å². The largest absolute Gasteiger partial charge is 0.464 e. The number of hydrogen-bond acceptors (Lipinski definition) is 3. The number of anilines is 1. The van der Waals surface area contributed by atoms with E-state index in [9.17, 15) is 0 Å². The van der Waals surface area contributed by atoms with Crippen molar-refractivity contribution in [2.45, 2.75) is 38.5 Å². The van der Waals surface area contributed by atoms with Crippen molar-refractivity contribution in [3.05, 3.63) is 24.6 Å². The molecule has 1 saturated carbocycles. The van der Waals surface area contributed by atoms with Crippen LogP contribution in [0.4, 0.5) is 5.82 Å². The molecule has 2 heterocycles. The molecular formula is C15H20N2O. The first kappa shape index (κ1) is 11.6. The van der Waals surface area contributed by atoms with Crippen molar-refractivity contribution in [1.82, 2.24) is 4.98 Å². The van der Waals surface area contributed by atoms with E-state index < -0.39 is 0 Å². The number of pyridine rings is 1. The van der Waals surface area contributed by atoms with E-state index in [2.05, 4.69) is 10.3 Å². The number of hydrogen-bond donors (Lipinski definition) is 1. The Morgan fingerprint density at radius 3 is 3.00 bits per heavy atom. The molecule has 1 fully saturated rings. The average Bonchev–Trinajstić information content (AvgIpc) is 2.89. The van der Waals surface area contributed by atoms with E-state index in [0.717, 1.165) is 29.2 Å². The molecule has 1 aliphatic carbocycles. The third-order valence-electron chi connectivity index (χ3n) is 3.95. The van der Waals surface area contributed by atoms with Gasteiger partial charge >= 0.3 is 0 Å². The van der Waals surface area contributed by atoms with Crippen LogP contribution in [0.15, 0.2) is 29.0 Å². The third kappa shape index (κ3) is 2.50. The van der Waals surface area contributed by atoms with E-state index in [-0.39, 0.29) is 0 Å². The van der Waals surface area contributed by atoms with Crippen LogP contribution in [-0.2, 0) is 0 Å². The van der Waals surface area contributed by atoms with E-state index >= 15 is 0 Å². The molecule has 1 aliphatic rings. The maximum absolute atomic E-state index is 5.37. The summed E-state index contributed by atoms with van der Waals surface area (Å²) >= 11 is 0. The fourth-order valence-electron chi connectivity index (χ4n) is 2.91. The Kier molecular flexibility index (Phi) is 3.49. The molecule has 0 aromatic carbocycles. The van der Waals surface area contributed by atoms with Gasteiger partial charge in [0.25, 0.3) is 0 Å². The van der Waals surface area contributed by atoms with Gasteiger partial charge in [-0.15, -0.1) is 0 Å². The molecule has 1 N–H and O–H groups in total. The molecule has 0 radical (unpaired) electrons. The smallest absolute Gasteiger partial charge is 0.139 e. The molecule has 3 nitrogen and oxygen atoms in total. The molecule has 18 heavy (non-hydrogen) atoms. The fourth-order valence-corrected chi connectivity index (χ4v) is 2.91. The molecular weight excluding hydrogens is 224 g/mol. The number of nitrogens with zero attached hydrogens (tertiary/aromatic N) is 1. The molecule has 0 aliphatic heterocycles. The second-order valence-corrected chi connectivity index (χ2v) is 5.21. The first-order chi connectivity index (χ1) is 8.93. The summed E-state index contributed by atoms with van der Waals surface area (Å²) in [7, 11) is 0. The highest BCUT2D eigenvalue weighted by Gasteiger charge is 2.13. The number of fused-ring (bicyclic) bond motifs is 1. The zero-order chi connectivity index (χ0) is 12.2. The number of rotatable bonds is 4. The summed E-state index contributed by atoms with van der Waals surface area (Å²) in [4.78, 5) is 4.39. The van der Waals surface area contributed by atoms with Crippen molar-refractivity contribution in [3.63, 3.8) is 0 Å². The van der Waals surface area contributed by atoms with Gasteiger partial charge < -0.3 is 9.73 Å². The first-order valence-electron chi connectivity index (χ1n) is 6.99. The van der Waals surface area contributed by atoms with Gasteiger partial charge in [0.2, 0.25) is 0 Å². The topological polar surface area (TPSA) is 38.1 Å². The lowest BCUT2D eigenvalue weighted by atomic mass is 9.87. The maximum Gasteiger partial charge on any atom is 0.139 e. The van der Waals surface area contributed by atoms with Crippen LogP contribution in [0.3, 0.4) is 0 Å². The summed E-state index contributed by atoms with van der Waals surface area (Å²) < 4.78 is 5.37. The normalized spacial score (nSPS) is 17.1. The standard InChI is InChI=1S/C15H20N2O/c1-2-4-12(5-3-1)6-9-16-15-13-8-11-18-14(13)7-10-17-15/h7-8,10-12H,1-6,9H2,(H,16,17). The SMILES string of the molecule is c1cc2occc2c(NCCC2CCCCC2)n1. The summed E-state index contributed by atoms with van der Waals surface area (Å²) in [5.74, 6) is 1.87. The Bertz CT molecular complexity index is 500. The molecule has 0 spiro atoms. The Balaban J connectivity index is 1.57. The van der Waals surface area contributed by atoms with Gasteiger partial charge in [0.05, 0.1) is 11.6 Å². The van der Waals surface area contributed by atoms with Gasteiger partial charge in [0, 0.05) is 12.7 Å². The minimum Gasteiger partial charge on any atom is -0.464 e. The second kappa shape index (κ2) is 5.42. The summed E-state index contributed by atoms with van der Waals surface area (Å²) in [6.45, 7) is 1.02. The predicted octanol–water partition coefficient (Wildman–Crippen LogP) is 4.21. The lowest BCUT2D eigenvalue weighted by Crippen LogP contribution is -2.12. The Hall–Kier alpha value is -1.51. The molecule has 3 heteroatoms. The molecule has 2 aromatic rings. The highest BCUT2D eigenvalue weighted by Crippen LogP contribution is 2.27. The molecule has 0 saturated heterocycles. The van der Waals surface area contributed by atoms with E-state index in [1.165, 1.54) is 38.5 Å². The summed E-state index contributed by atoms with van der Waals surface area (Å²) in [5, 5.41) is 4.53. The Morgan fingerprint density at radius 1 is 1.22 bits per heavy atom. The van der Waals surface area contributed by atoms with Gasteiger partial charge in [-0.2, -0.15) is 0 Å². The summed E-state index contributed by atoms with van der Waals surface area (Å²) in [5.41, 5.74) is 0.908. The minimum absolute atomic E-state index is 0.908. The predicted molar refractivity (Wildman–Crippen MR) is 73.7 cm³/mol. The number of furan rings is 1. The molecule has 96 valence electrons. The molecule has 0 bridgehead atoms. The first-order valence-corrected chi connectivity index (χ1v) is 6.99. The van der Waals surface area contributed by atoms with Crippen LogP contribution in [0.25, 0.3) is 11.0 Å². The quantitative estimate of drug-likeness (QED) is 0.875. The van der Waals surface area contributed by atoms with Gasteiger partial charge in [-0.1, -0.05) is 32.1 Å². The van der Waals surface area contributed by atoms with E-state index in [4.69, 9.17) is 4.42 Å². The lowest BCUT2D eigenvalue weighted by Gasteiger charge is -2.21. The second-order valence-electron chi connectivity index (χ2n) is 5.21. The molecule has 0 unspecified atom stereocenters. The van der Waals surface area contributed by atoms with Gasteiger partial charge in [-0.25, -0.2) is 4.98 Å². The van der Waals surface area contributed by atoms with Crippen LogP contribution < -0.4 is 5.32 Å². The third-order valence-corrected chi connectivity index (χ3v) is 3.95. The van der Waals surface area contributed by atoms with E-state index in [1.54, 1.807) is 12.5 Å². The van der Waals surface area contributed by atoms with E-state index in [1.807, 2.05) is 12.1 Å².